The smallest absolute Gasteiger partial charge is 0.212 e. The van der Waals surface area contributed by atoms with E-state index in [0.717, 1.165) is 32.0 Å². The SMILES string of the molecule is CS[C@H]1OC(c2ccc(C)c(Cc3ccc(-c4ccc(F)nc4)s3)c2)[C@H](O)[C@@H](O)[C@@H]1O. The maximum Gasteiger partial charge on any atom is 0.212 e. The lowest BCUT2D eigenvalue weighted by molar-refractivity contribution is -0.200. The number of benzene rings is 1. The first-order chi connectivity index (χ1) is 14.9. The maximum absolute atomic E-state index is 13.1. The van der Waals surface area contributed by atoms with Crippen molar-refractivity contribution in [2.75, 3.05) is 6.26 Å². The molecule has 164 valence electrons. The van der Waals surface area contributed by atoms with Gasteiger partial charge in [-0.1, -0.05) is 18.2 Å². The fourth-order valence-corrected chi connectivity index (χ4v) is 5.41. The molecule has 0 spiro atoms. The zero-order valence-electron chi connectivity index (χ0n) is 17.1. The number of hydrogen-bond donors (Lipinski definition) is 3. The highest BCUT2D eigenvalue weighted by molar-refractivity contribution is 7.99. The summed E-state index contributed by atoms with van der Waals surface area (Å²) in [6.45, 7) is 2.03. The van der Waals surface area contributed by atoms with Crippen LogP contribution in [0.3, 0.4) is 0 Å². The summed E-state index contributed by atoms with van der Waals surface area (Å²) in [6, 6.07) is 13.0. The standard InChI is InChI=1S/C23H24FNO4S2/c1-12-3-4-13(22-20(27)19(26)21(28)23(29-22)30-2)9-15(12)10-16-6-7-17(31-16)14-5-8-18(24)25-11-14/h3-9,11,19-23,26-28H,10H2,1-2H3/t19-,20-,21+,22?,23-/m1/s1. The molecule has 4 rings (SSSR count). The van der Waals surface area contributed by atoms with Gasteiger partial charge in [0, 0.05) is 27.9 Å². The number of aliphatic hydroxyl groups is 3. The van der Waals surface area contributed by atoms with E-state index in [1.165, 1.54) is 24.0 Å². The molecule has 3 aromatic rings. The van der Waals surface area contributed by atoms with Crippen LogP contribution in [0.25, 0.3) is 10.4 Å². The van der Waals surface area contributed by atoms with Crippen molar-refractivity contribution in [3.63, 3.8) is 0 Å². The molecule has 5 nitrogen and oxygen atoms in total. The molecule has 1 unspecified atom stereocenters. The molecule has 3 N–H and O–H groups in total. The molecule has 0 aliphatic carbocycles. The number of halogens is 1. The maximum atomic E-state index is 13.1. The third-order valence-corrected chi connectivity index (χ3v) is 7.53. The monoisotopic (exact) mass is 461 g/mol. The summed E-state index contributed by atoms with van der Waals surface area (Å²) >= 11 is 2.92. The van der Waals surface area contributed by atoms with Gasteiger partial charge in [0.2, 0.25) is 5.95 Å². The average Bonchev–Trinajstić information content (AvgIpc) is 3.23. The third-order valence-electron chi connectivity index (χ3n) is 5.54. The van der Waals surface area contributed by atoms with E-state index < -0.39 is 35.8 Å². The topological polar surface area (TPSA) is 82.8 Å². The Morgan fingerprint density at radius 3 is 2.58 bits per heavy atom. The highest BCUT2D eigenvalue weighted by atomic mass is 32.2. The van der Waals surface area contributed by atoms with Crippen LogP contribution < -0.4 is 0 Å². The fourth-order valence-electron chi connectivity index (χ4n) is 3.71. The molecule has 1 aromatic carbocycles. The highest BCUT2D eigenvalue weighted by Crippen LogP contribution is 2.37. The van der Waals surface area contributed by atoms with E-state index in [1.807, 2.05) is 37.3 Å². The van der Waals surface area contributed by atoms with Gasteiger partial charge in [0.25, 0.3) is 0 Å². The largest absolute Gasteiger partial charge is 0.387 e. The number of thioether (sulfide) groups is 1. The Kier molecular flexibility index (Phi) is 6.76. The number of pyridine rings is 1. The highest BCUT2D eigenvalue weighted by Gasteiger charge is 2.44. The average molecular weight is 462 g/mol. The van der Waals surface area contributed by atoms with Crippen LogP contribution in [-0.2, 0) is 11.2 Å². The normalized spacial score (nSPS) is 26.2. The zero-order chi connectivity index (χ0) is 22.1. The van der Waals surface area contributed by atoms with E-state index in [0.29, 0.717) is 6.42 Å². The zero-order valence-corrected chi connectivity index (χ0v) is 18.7. The third kappa shape index (κ3) is 4.69. The van der Waals surface area contributed by atoms with Gasteiger partial charge < -0.3 is 20.1 Å². The summed E-state index contributed by atoms with van der Waals surface area (Å²) in [6.07, 6.45) is -0.338. The molecular weight excluding hydrogens is 437 g/mol. The second kappa shape index (κ2) is 9.36. The number of aromatic nitrogens is 1. The summed E-state index contributed by atoms with van der Waals surface area (Å²) in [5.41, 5.74) is 3.21. The lowest BCUT2D eigenvalue weighted by Crippen LogP contribution is -2.52. The van der Waals surface area contributed by atoms with E-state index in [1.54, 1.807) is 23.7 Å². The van der Waals surface area contributed by atoms with Crippen molar-refractivity contribution >= 4 is 23.1 Å². The molecule has 1 saturated heterocycles. The Hall–Kier alpha value is -1.81. The predicted octanol–water partition coefficient (Wildman–Crippen LogP) is 3.69. The number of rotatable bonds is 5. The predicted molar refractivity (Wildman–Crippen MR) is 121 cm³/mol. The van der Waals surface area contributed by atoms with Gasteiger partial charge in [-0.15, -0.1) is 23.1 Å². The van der Waals surface area contributed by atoms with E-state index in [2.05, 4.69) is 4.98 Å². The summed E-state index contributed by atoms with van der Waals surface area (Å²) in [4.78, 5) is 5.88. The van der Waals surface area contributed by atoms with Crippen molar-refractivity contribution in [2.45, 2.75) is 43.2 Å². The molecule has 0 saturated carbocycles. The second-order valence-electron chi connectivity index (χ2n) is 7.63. The number of hydrogen-bond acceptors (Lipinski definition) is 7. The number of nitrogens with zero attached hydrogens (tertiary/aromatic N) is 1. The van der Waals surface area contributed by atoms with Crippen molar-refractivity contribution in [1.82, 2.24) is 4.98 Å². The summed E-state index contributed by atoms with van der Waals surface area (Å²) in [5, 5.41) is 30.8. The lowest BCUT2D eigenvalue weighted by atomic mass is 9.92. The molecule has 1 fully saturated rings. The van der Waals surface area contributed by atoms with Crippen molar-refractivity contribution in [3.05, 3.63) is 76.2 Å². The van der Waals surface area contributed by atoms with Crippen LogP contribution in [0.1, 0.15) is 27.7 Å². The minimum atomic E-state index is -1.27. The molecule has 2 aromatic heterocycles. The molecule has 5 atom stereocenters. The van der Waals surface area contributed by atoms with Crippen LogP contribution in [0.15, 0.2) is 48.7 Å². The van der Waals surface area contributed by atoms with Gasteiger partial charge in [0.15, 0.2) is 0 Å². The van der Waals surface area contributed by atoms with E-state index in [9.17, 15) is 19.7 Å². The molecular formula is C23H24FNO4S2. The Morgan fingerprint density at radius 1 is 1.06 bits per heavy atom. The van der Waals surface area contributed by atoms with Gasteiger partial charge in [0.05, 0.1) is 0 Å². The van der Waals surface area contributed by atoms with Crippen LogP contribution >= 0.6 is 23.1 Å². The molecule has 0 radical (unpaired) electrons. The Balaban J connectivity index is 1.57. The molecule has 31 heavy (non-hydrogen) atoms. The summed E-state index contributed by atoms with van der Waals surface area (Å²) in [7, 11) is 0. The summed E-state index contributed by atoms with van der Waals surface area (Å²) in [5.74, 6) is -0.499. The van der Waals surface area contributed by atoms with Crippen LogP contribution in [0.5, 0.6) is 0 Å². The molecule has 1 aliphatic heterocycles. The molecule has 0 bridgehead atoms. The number of aliphatic hydroxyl groups excluding tert-OH is 3. The molecule has 0 amide bonds. The minimum Gasteiger partial charge on any atom is -0.387 e. The van der Waals surface area contributed by atoms with Crippen LogP contribution in [-0.4, -0.2) is 50.3 Å². The fraction of sp³-hybridized carbons (Fsp3) is 0.348. The van der Waals surface area contributed by atoms with Gasteiger partial charge in [-0.3, -0.25) is 0 Å². The minimum absolute atomic E-state index is 0.499. The lowest BCUT2D eigenvalue weighted by Gasteiger charge is -2.40. The number of ether oxygens (including phenoxy) is 1. The van der Waals surface area contributed by atoms with Crippen LogP contribution in [0.2, 0.25) is 0 Å². The van der Waals surface area contributed by atoms with E-state index >= 15 is 0 Å². The molecule has 8 heteroatoms. The number of thiophene rings is 1. The van der Waals surface area contributed by atoms with Crippen molar-refractivity contribution in [3.8, 4) is 10.4 Å². The van der Waals surface area contributed by atoms with Gasteiger partial charge in [-0.2, -0.15) is 4.39 Å². The molecule has 1 aliphatic rings. The van der Waals surface area contributed by atoms with E-state index in [-0.39, 0.29) is 0 Å². The van der Waals surface area contributed by atoms with Gasteiger partial charge in [-0.05, 0) is 54.1 Å². The first-order valence-corrected chi connectivity index (χ1v) is 12.0. The summed E-state index contributed by atoms with van der Waals surface area (Å²) < 4.78 is 19.0. The van der Waals surface area contributed by atoms with Gasteiger partial charge >= 0.3 is 0 Å². The quantitative estimate of drug-likeness (QED) is 0.503. The van der Waals surface area contributed by atoms with Gasteiger partial charge in [0.1, 0.15) is 29.9 Å². The number of aryl methyl sites for hydroxylation is 1. The van der Waals surface area contributed by atoms with Crippen LogP contribution in [0, 0.1) is 12.9 Å². The van der Waals surface area contributed by atoms with Crippen molar-refractivity contribution < 1.29 is 24.4 Å². The van der Waals surface area contributed by atoms with E-state index in [4.69, 9.17) is 4.74 Å². The van der Waals surface area contributed by atoms with Crippen molar-refractivity contribution in [1.29, 1.82) is 0 Å². The van der Waals surface area contributed by atoms with Gasteiger partial charge in [-0.25, -0.2) is 4.98 Å². The Morgan fingerprint density at radius 2 is 1.87 bits per heavy atom. The molecule has 3 heterocycles. The Labute approximate surface area is 188 Å². The van der Waals surface area contributed by atoms with Crippen molar-refractivity contribution in [2.24, 2.45) is 0 Å². The second-order valence-corrected chi connectivity index (χ2v) is 9.74. The first-order valence-electron chi connectivity index (χ1n) is 9.90. The Bertz CT molecular complexity index is 1040. The van der Waals surface area contributed by atoms with Crippen LogP contribution in [0.4, 0.5) is 4.39 Å². The first kappa shape index (κ1) is 22.4.